The molecule has 7 heteroatoms. The predicted molar refractivity (Wildman–Crippen MR) is 103 cm³/mol. The molecule has 0 aliphatic rings. The minimum Gasteiger partial charge on any atom is -0.353 e. The van der Waals surface area contributed by atoms with E-state index in [1.54, 1.807) is 4.90 Å². The maximum atomic E-state index is 12.0. The molecule has 0 bridgehead atoms. The average molecular weight is 362 g/mol. The van der Waals surface area contributed by atoms with Gasteiger partial charge in [0.2, 0.25) is 17.7 Å². The summed E-state index contributed by atoms with van der Waals surface area (Å²) in [6, 6.07) is 7.63. The van der Waals surface area contributed by atoms with Gasteiger partial charge in [-0.15, -0.1) is 0 Å². The van der Waals surface area contributed by atoms with Crippen LogP contribution in [0.2, 0.25) is 0 Å². The van der Waals surface area contributed by atoms with Gasteiger partial charge in [-0.05, 0) is 38.4 Å². The third-order valence-electron chi connectivity index (χ3n) is 3.75. The molecule has 0 aliphatic carbocycles. The zero-order valence-electron chi connectivity index (χ0n) is 16.1. The highest BCUT2D eigenvalue weighted by atomic mass is 16.2. The van der Waals surface area contributed by atoms with E-state index in [2.05, 4.69) is 16.0 Å². The molecule has 0 fully saturated rings. The number of carbonyl (C=O) groups is 3. The summed E-state index contributed by atoms with van der Waals surface area (Å²) in [6.45, 7) is 8.35. The van der Waals surface area contributed by atoms with Gasteiger partial charge >= 0.3 is 0 Å². The zero-order chi connectivity index (χ0) is 19.5. The van der Waals surface area contributed by atoms with Crippen LogP contribution < -0.4 is 16.0 Å². The monoisotopic (exact) mass is 362 g/mol. The minimum absolute atomic E-state index is 0.0599. The fourth-order valence-electron chi connectivity index (χ4n) is 2.43. The number of hydrogen-bond donors (Lipinski definition) is 3. The van der Waals surface area contributed by atoms with Crippen molar-refractivity contribution in [1.29, 1.82) is 0 Å². The summed E-state index contributed by atoms with van der Waals surface area (Å²) < 4.78 is 0. The first kappa shape index (κ1) is 21.6. The maximum Gasteiger partial charge on any atom is 0.243 e. The molecule has 0 aromatic heterocycles. The molecular formula is C19H30N4O3. The number of carbonyl (C=O) groups excluding carboxylic acids is 3. The Morgan fingerprint density at radius 2 is 1.65 bits per heavy atom. The molecule has 0 saturated heterocycles. The second kappa shape index (κ2) is 11.3. The second-order valence-electron chi connectivity index (χ2n) is 6.36. The Morgan fingerprint density at radius 3 is 2.27 bits per heavy atom. The van der Waals surface area contributed by atoms with Gasteiger partial charge in [0.1, 0.15) is 0 Å². The van der Waals surface area contributed by atoms with E-state index < -0.39 is 0 Å². The van der Waals surface area contributed by atoms with Crippen molar-refractivity contribution >= 4 is 23.4 Å². The van der Waals surface area contributed by atoms with Crippen LogP contribution in [-0.2, 0) is 20.8 Å². The fraction of sp³-hybridized carbons (Fsp3) is 0.526. The van der Waals surface area contributed by atoms with Crippen molar-refractivity contribution < 1.29 is 14.4 Å². The number of benzene rings is 1. The first-order chi connectivity index (χ1) is 12.3. The second-order valence-corrected chi connectivity index (χ2v) is 6.36. The van der Waals surface area contributed by atoms with Crippen LogP contribution in [0.25, 0.3) is 0 Å². The van der Waals surface area contributed by atoms with E-state index in [-0.39, 0.29) is 43.4 Å². The smallest absolute Gasteiger partial charge is 0.243 e. The summed E-state index contributed by atoms with van der Waals surface area (Å²) in [5.41, 5.74) is 1.80. The number of aryl methyl sites for hydroxylation is 1. The van der Waals surface area contributed by atoms with Crippen LogP contribution in [0.5, 0.6) is 0 Å². The molecule has 0 heterocycles. The molecule has 0 saturated carbocycles. The topological polar surface area (TPSA) is 90.5 Å². The number of nitrogens with zero attached hydrogens (tertiary/aromatic N) is 1. The lowest BCUT2D eigenvalue weighted by atomic mass is 10.1. The van der Waals surface area contributed by atoms with Gasteiger partial charge in [0, 0.05) is 11.7 Å². The Morgan fingerprint density at radius 1 is 1.00 bits per heavy atom. The number of rotatable bonds is 10. The van der Waals surface area contributed by atoms with Gasteiger partial charge in [0.15, 0.2) is 0 Å². The summed E-state index contributed by atoms with van der Waals surface area (Å²) in [4.78, 5) is 37.6. The van der Waals surface area contributed by atoms with Crippen molar-refractivity contribution in [1.82, 2.24) is 15.5 Å². The summed E-state index contributed by atoms with van der Waals surface area (Å²) in [7, 11) is 0. The molecule has 7 nitrogen and oxygen atoms in total. The molecule has 0 radical (unpaired) electrons. The Balaban J connectivity index is 2.42. The van der Waals surface area contributed by atoms with Crippen molar-refractivity contribution in [2.75, 3.05) is 31.5 Å². The lowest BCUT2D eigenvalue weighted by Crippen LogP contribution is -2.45. The highest BCUT2D eigenvalue weighted by molar-refractivity contribution is 5.95. The van der Waals surface area contributed by atoms with E-state index >= 15 is 0 Å². The molecule has 0 unspecified atom stereocenters. The molecule has 0 aliphatic heterocycles. The average Bonchev–Trinajstić information content (AvgIpc) is 2.59. The van der Waals surface area contributed by atoms with E-state index in [0.29, 0.717) is 6.54 Å². The third kappa shape index (κ3) is 8.11. The van der Waals surface area contributed by atoms with Gasteiger partial charge in [-0.3, -0.25) is 19.3 Å². The Hall–Kier alpha value is -2.41. The van der Waals surface area contributed by atoms with Crippen LogP contribution in [0.15, 0.2) is 24.3 Å². The summed E-state index contributed by atoms with van der Waals surface area (Å²) >= 11 is 0. The predicted octanol–water partition coefficient (Wildman–Crippen LogP) is 1.15. The SMILES string of the molecule is CCc1ccccc1NC(=O)CNC(=O)CN(CC)CC(=O)NC(C)C. The van der Waals surface area contributed by atoms with Gasteiger partial charge in [0.05, 0.1) is 19.6 Å². The molecule has 144 valence electrons. The Kier molecular flexibility index (Phi) is 9.36. The van der Waals surface area contributed by atoms with E-state index in [0.717, 1.165) is 17.7 Å². The summed E-state index contributed by atoms with van der Waals surface area (Å²) in [5, 5.41) is 8.19. The van der Waals surface area contributed by atoms with E-state index in [4.69, 9.17) is 0 Å². The molecule has 1 rings (SSSR count). The fourth-order valence-corrected chi connectivity index (χ4v) is 2.43. The number of para-hydroxylation sites is 1. The molecular weight excluding hydrogens is 332 g/mol. The Labute approximate surface area is 155 Å². The summed E-state index contributed by atoms with van der Waals surface area (Å²) in [6.07, 6.45) is 0.812. The zero-order valence-corrected chi connectivity index (χ0v) is 16.1. The first-order valence-electron chi connectivity index (χ1n) is 9.01. The quantitative estimate of drug-likeness (QED) is 0.582. The molecule has 3 N–H and O–H groups in total. The van der Waals surface area contributed by atoms with E-state index in [1.165, 1.54) is 0 Å². The molecule has 1 aromatic carbocycles. The van der Waals surface area contributed by atoms with Gasteiger partial charge in [-0.25, -0.2) is 0 Å². The van der Waals surface area contributed by atoms with Crippen LogP contribution in [0.4, 0.5) is 5.69 Å². The number of amides is 3. The first-order valence-corrected chi connectivity index (χ1v) is 9.01. The molecule has 1 aromatic rings. The normalized spacial score (nSPS) is 10.7. The maximum absolute atomic E-state index is 12.0. The lowest BCUT2D eigenvalue weighted by molar-refractivity contribution is -0.127. The van der Waals surface area contributed by atoms with Crippen LogP contribution in [0, 0.1) is 0 Å². The summed E-state index contributed by atoms with van der Waals surface area (Å²) in [5.74, 6) is -0.688. The largest absolute Gasteiger partial charge is 0.353 e. The van der Waals surface area contributed by atoms with Crippen molar-refractivity contribution in [2.45, 2.75) is 40.2 Å². The number of hydrogen-bond acceptors (Lipinski definition) is 4. The van der Waals surface area contributed by atoms with Crippen LogP contribution in [-0.4, -0.2) is 54.8 Å². The van der Waals surface area contributed by atoms with Crippen molar-refractivity contribution in [3.05, 3.63) is 29.8 Å². The minimum atomic E-state index is -0.289. The van der Waals surface area contributed by atoms with Gasteiger partial charge < -0.3 is 16.0 Å². The Bertz CT molecular complexity index is 617. The highest BCUT2D eigenvalue weighted by Gasteiger charge is 2.14. The van der Waals surface area contributed by atoms with Gasteiger partial charge in [-0.2, -0.15) is 0 Å². The third-order valence-corrected chi connectivity index (χ3v) is 3.75. The molecule has 26 heavy (non-hydrogen) atoms. The van der Waals surface area contributed by atoms with Crippen molar-refractivity contribution in [2.24, 2.45) is 0 Å². The van der Waals surface area contributed by atoms with E-state index in [1.807, 2.05) is 52.0 Å². The van der Waals surface area contributed by atoms with Gasteiger partial charge in [-0.1, -0.05) is 32.0 Å². The molecule has 3 amide bonds. The molecule has 0 spiro atoms. The van der Waals surface area contributed by atoms with Crippen molar-refractivity contribution in [3.63, 3.8) is 0 Å². The van der Waals surface area contributed by atoms with E-state index in [9.17, 15) is 14.4 Å². The van der Waals surface area contributed by atoms with Crippen molar-refractivity contribution in [3.8, 4) is 0 Å². The number of likely N-dealkylation sites (N-methyl/N-ethyl adjacent to an activating group) is 1. The van der Waals surface area contributed by atoms with Crippen LogP contribution >= 0.6 is 0 Å². The van der Waals surface area contributed by atoms with Crippen LogP contribution in [0.3, 0.4) is 0 Å². The number of nitrogens with one attached hydrogen (secondary N) is 3. The molecule has 0 atom stereocenters. The van der Waals surface area contributed by atoms with Gasteiger partial charge in [0.25, 0.3) is 0 Å². The highest BCUT2D eigenvalue weighted by Crippen LogP contribution is 2.14. The lowest BCUT2D eigenvalue weighted by Gasteiger charge is -2.20. The standard InChI is InChI=1S/C19H30N4O3/c1-5-15-9-7-8-10-16(15)22-17(24)11-20-18(25)12-23(6-2)13-19(26)21-14(3)4/h7-10,14H,5-6,11-13H2,1-4H3,(H,20,25)(H,21,26)(H,22,24). The van der Waals surface area contributed by atoms with Crippen LogP contribution in [0.1, 0.15) is 33.3 Å². The number of anilines is 1.